The fourth-order valence-electron chi connectivity index (χ4n) is 3.16. The van der Waals surface area contributed by atoms with E-state index in [9.17, 15) is 4.79 Å². The maximum atomic E-state index is 12.8. The van der Waals surface area contributed by atoms with Crippen LogP contribution in [0.25, 0.3) is 0 Å². The summed E-state index contributed by atoms with van der Waals surface area (Å²) in [4.78, 5) is 14.7. The second kappa shape index (κ2) is 7.30. The SMILES string of the molecule is O=C(c1cccc(Br)c1)N1CCSC(c2ccc3c(c2)OCO3)CC1. The summed E-state index contributed by atoms with van der Waals surface area (Å²) in [7, 11) is 0. The van der Waals surface area contributed by atoms with E-state index < -0.39 is 0 Å². The van der Waals surface area contributed by atoms with E-state index in [1.807, 2.05) is 47.0 Å². The van der Waals surface area contributed by atoms with Gasteiger partial charge in [-0.2, -0.15) is 11.8 Å². The molecule has 0 aromatic heterocycles. The third-order valence-corrected chi connectivity index (χ3v) is 6.29. The highest BCUT2D eigenvalue weighted by atomic mass is 79.9. The topological polar surface area (TPSA) is 38.8 Å². The highest BCUT2D eigenvalue weighted by Gasteiger charge is 2.24. The Morgan fingerprint density at radius 1 is 1.12 bits per heavy atom. The molecule has 1 unspecified atom stereocenters. The first kappa shape index (κ1) is 16.8. The third kappa shape index (κ3) is 3.65. The number of nitrogens with zero attached hydrogens (tertiary/aromatic N) is 1. The molecule has 1 amide bonds. The molecule has 2 aliphatic heterocycles. The molecule has 0 bridgehead atoms. The molecule has 1 atom stereocenters. The van der Waals surface area contributed by atoms with Gasteiger partial charge in [0.2, 0.25) is 6.79 Å². The van der Waals surface area contributed by atoms with Crippen molar-refractivity contribution in [1.82, 2.24) is 4.90 Å². The van der Waals surface area contributed by atoms with Crippen molar-refractivity contribution in [3.8, 4) is 11.5 Å². The predicted molar refractivity (Wildman–Crippen MR) is 102 cm³/mol. The number of halogens is 1. The molecule has 1 saturated heterocycles. The Morgan fingerprint density at radius 2 is 2.00 bits per heavy atom. The van der Waals surface area contributed by atoms with Gasteiger partial charge in [0.05, 0.1) is 0 Å². The molecule has 0 radical (unpaired) electrons. The zero-order valence-electron chi connectivity index (χ0n) is 13.6. The number of amides is 1. The van der Waals surface area contributed by atoms with Gasteiger partial charge < -0.3 is 14.4 Å². The van der Waals surface area contributed by atoms with E-state index in [1.165, 1.54) is 5.56 Å². The largest absolute Gasteiger partial charge is 0.454 e. The molecule has 4 nitrogen and oxygen atoms in total. The Labute approximate surface area is 159 Å². The molecule has 6 heteroatoms. The average Bonchev–Trinajstić information content (AvgIpc) is 2.96. The van der Waals surface area contributed by atoms with Crippen LogP contribution < -0.4 is 9.47 Å². The van der Waals surface area contributed by atoms with Crippen LogP contribution in [0, 0.1) is 0 Å². The van der Waals surface area contributed by atoms with Crippen LogP contribution in [-0.2, 0) is 0 Å². The number of fused-ring (bicyclic) bond motifs is 1. The quantitative estimate of drug-likeness (QED) is 0.718. The Hall–Kier alpha value is -1.66. The van der Waals surface area contributed by atoms with E-state index in [2.05, 4.69) is 28.1 Å². The summed E-state index contributed by atoms with van der Waals surface area (Å²) in [5.74, 6) is 2.67. The smallest absolute Gasteiger partial charge is 0.253 e. The molecule has 2 heterocycles. The van der Waals surface area contributed by atoms with Gasteiger partial charge in [-0.15, -0.1) is 0 Å². The number of thioether (sulfide) groups is 1. The lowest BCUT2D eigenvalue weighted by Gasteiger charge is -2.20. The van der Waals surface area contributed by atoms with Gasteiger partial charge in [0.15, 0.2) is 11.5 Å². The molecular weight excluding hydrogens is 402 g/mol. The van der Waals surface area contributed by atoms with Crippen molar-refractivity contribution in [2.45, 2.75) is 11.7 Å². The van der Waals surface area contributed by atoms with E-state index in [0.29, 0.717) is 12.0 Å². The number of ether oxygens (including phenoxy) is 2. The van der Waals surface area contributed by atoms with Gasteiger partial charge >= 0.3 is 0 Å². The van der Waals surface area contributed by atoms with Crippen molar-refractivity contribution in [3.63, 3.8) is 0 Å². The van der Waals surface area contributed by atoms with E-state index in [1.54, 1.807) is 0 Å². The third-order valence-electron chi connectivity index (χ3n) is 4.47. The van der Waals surface area contributed by atoms with Crippen LogP contribution in [0.2, 0.25) is 0 Å². The number of carbonyl (C=O) groups is 1. The summed E-state index contributed by atoms with van der Waals surface area (Å²) < 4.78 is 11.8. The summed E-state index contributed by atoms with van der Waals surface area (Å²) in [6.45, 7) is 1.83. The van der Waals surface area contributed by atoms with Gasteiger partial charge in [0.1, 0.15) is 0 Å². The summed E-state index contributed by atoms with van der Waals surface area (Å²) >= 11 is 5.34. The number of rotatable bonds is 2. The number of carbonyl (C=O) groups excluding carboxylic acids is 1. The molecule has 0 spiro atoms. The summed E-state index contributed by atoms with van der Waals surface area (Å²) in [5.41, 5.74) is 1.98. The molecule has 2 aliphatic rings. The minimum absolute atomic E-state index is 0.105. The van der Waals surface area contributed by atoms with Crippen LogP contribution in [-0.4, -0.2) is 36.4 Å². The van der Waals surface area contributed by atoms with Crippen molar-refractivity contribution in [1.29, 1.82) is 0 Å². The molecule has 0 N–H and O–H groups in total. The first-order chi connectivity index (χ1) is 12.2. The lowest BCUT2D eigenvalue weighted by molar-refractivity contribution is 0.0766. The number of hydrogen-bond acceptors (Lipinski definition) is 4. The van der Waals surface area contributed by atoms with Gasteiger partial charge in [-0.3, -0.25) is 4.79 Å². The fraction of sp³-hybridized carbons (Fsp3) is 0.316. The molecule has 4 rings (SSSR count). The maximum absolute atomic E-state index is 12.8. The van der Waals surface area contributed by atoms with Crippen molar-refractivity contribution < 1.29 is 14.3 Å². The molecule has 1 fully saturated rings. The molecule has 2 aromatic carbocycles. The summed E-state index contributed by atoms with van der Waals surface area (Å²) in [6, 6.07) is 13.8. The standard InChI is InChI=1S/C19H18BrNO3S/c20-15-3-1-2-14(10-15)19(22)21-7-6-18(25-9-8-21)13-4-5-16-17(11-13)24-12-23-16/h1-5,10-11,18H,6-9,12H2. The lowest BCUT2D eigenvalue weighted by Crippen LogP contribution is -2.32. The van der Waals surface area contributed by atoms with E-state index in [-0.39, 0.29) is 5.91 Å². The highest BCUT2D eigenvalue weighted by molar-refractivity contribution is 9.10. The van der Waals surface area contributed by atoms with Gasteiger partial charge in [-0.05, 0) is 42.3 Å². The Morgan fingerprint density at radius 3 is 2.88 bits per heavy atom. The lowest BCUT2D eigenvalue weighted by atomic mass is 10.1. The van der Waals surface area contributed by atoms with Gasteiger partial charge in [0, 0.05) is 34.1 Å². The van der Waals surface area contributed by atoms with Gasteiger partial charge in [-0.1, -0.05) is 28.1 Å². The molecule has 0 aliphatic carbocycles. The molecule has 25 heavy (non-hydrogen) atoms. The fourth-order valence-corrected chi connectivity index (χ4v) is 4.78. The van der Waals surface area contributed by atoms with Crippen LogP contribution in [0.4, 0.5) is 0 Å². The maximum Gasteiger partial charge on any atom is 0.253 e. The van der Waals surface area contributed by atoms with Crippen molar-refractivity contribution in [2.75, 3.05) is 25.6 Å². The second-order valence-electron chi connectivity index (χ2n) is 6.06. The Balaban J connectivity index is 1.46. The number of hydrogen-bond donors (Lipinski definition) is 0. The van der Waals surface area contributed by atoms with Gasteiger partial charge in [-0.25, -0.2) is 0 Å². The first-order valence-electron chi connectivity index (χ1n) is 8.27. The van der Waals surface area contributed by atoms with E-state index >= 15 is 0 Å². The minimum atomic E-state index is 0.105. The van der Waals surface area contributed by atoms with Crippen LogP contribution in [0.15, 0.2) is 46.9 Å². The monoisotopic (exact) mass is 419 g/mol. The van der Waals surface area contributed by atoms with E-state index in [0.717, 1.165) is 46.8 Å². The molecule has 2 aromatic rings. The van der Waals surface area contributed by atoms with Crippen LogP contribution in [0.5, 0.6) is 11.5 Å². The van der Waals surface area contributed by atoms with Gasteiger partial charge in [0.25, 0.3) is 5.91 Å². The zero-order valence-corrected chi connectivity index (χ0v) is 16.0. The van der Waals surface area contributed by atoms with Crippen LogP contribution in [0.1, 0.15) is 27.6 Å². The van der Waals surface area contributed by atoms with E-state index in [4.69, 9.17) is 9.47 Å². The highest BCUT2D eigenvalue weighted by Crippen LogP contribution is 2.40. The Bertz CT molecular complexity index is 798. The normalized spacial score (nSPS) is 19.6. The Kier molecular flexibility index (Phi) is 4.90. The molecular formula is C19H18BrNO3S. The molecule has 0 saturated carbocycles. The first-order valence-corrected chi connectivity index (χ1v) is 10.1. The van der Waals surface area contributed by atoms with Crippen LogP contribution in [0.3, 0.4) is 0 Å². The van der Waals surface area contributed by atoms with Crippen molar-refractivity contribution >= 4 is 33.6 Å². The molecule has 130 valence electrons. The second-order valence-corrected chi connectivity index (χ2v) is 8.29. The zero-order chi connectivity index (χ0) is 17.2. The summed E-state index contributed by atoms with van der Waals surface area (Å²) in [5, 5.41) is 0.370. The predicted octanol–water partition coefficient (Wildman–Crippen LogP) is 4.50. The number of benzene rings is 2. The average molecular weight is 420 g/mol. The van der Waals surface area contributed by atoms with Crippen molar-refractivity contribution in [2.24, 2.45) is 0 Å². The summed E-state index contributed by atoms with van der Waals surface area (Å²) in [6.07, 6.45) is 0.935. The van der Waals surface area contributed by atoms with Crippen LogP contribution >= 0.6 is 27.7 Å². The van der Waals surface area contributed by atoms with Crippen molar-refractivity contribution in [3.05, 3.63) is 58.1 Å². The minimum Gasteiger partial charge on any atom is -0.454 e.